The first-order chi connectivity index (χ1) is 8.68. The molecule has 0 saturated carbocycles. The summed E-state index contributed by atoms with van der Waals surface area (Å²) in [6, 6.07) is 3.15. The molecule has 0 aliphatic heterocycles. The third kappa shape index (κ3) is 3.56. The van der Waals surface area contributed by atoms with Crippen LogP contribution < -0.4 is 0 Å². The molecule has 4 nitrogen and oxygen atoms in total. The summed E-state index contributed by atoms with van der Waals surface area (Å²) in [5.74, 6) is -1.98. The highest BCUT2D eigenvalue weighted by atomic mass is 79.9. The predicted molar refractivity (Wildman–Crippen MR) is 75.5 cm³/mol. The lowest BCUT2D eigenvalue weighted by Gasteiger charge is -2.22. The van der Waals surface area contributed by atoms with E-state index in [-0.39, 0.29) is 23.3 Å². The highest BCUT2D eigenvalue weighted by Crippen LogP contribution is 2.36. The number of ether oxygens (including phenoxy) is 1. The number of halogens is 1. The second-order valence-corrected chi connectivity index (χ2v) is 6.06. The molecule has 5 heteroatoms. The molecular weight excluding hydrogens is 312 g/mol. The molecule has 0 fully saturated rings. The molecule has 0 amide bonds. The van der Waals surface area contributed by atoms with Crippen LogP contribution in [0, 0.1) is 0 Å². The van der Waals surface area contributed by atoms with Crippen LogP contribution >= 0.6 is 15.9 Å². The Morgan fingerprint density at radius 3 is 2.37 bits per heavy atom. The van der Waals surface area contributed by atoms with Gasteiger partial charge in [0.25, 0.3) is 5.78 Å². The molecule has 1 aromatic rings. The maximum absolute atomic E-state index is 11.9. The normalized spacial score (nSPS) is 11.2. The van der Waals surface area contributed by atoms with Crippen molar-refractivity contribution in [3.05, 3.63) is 27.7 Å². The van der Waals surface area contributed by atoms with Gasteiger partial charge in [-0.25, -0.2) is 4.79 Å². The number of carbonyl (C=O) groups excluding carboxylic acids is 2. The van der Waals surface area contributed by atoms with Gasteiger partial charge in [0.15, 0.2) is 0 Å². The van der Waals surface area contributed by atoms with E-state index in [1.165, 1.54) is 6.07 Å². The van der Waals surface area contributed by atoms with Gasteiger partial charge in [0, 0.05) is 10.0 Å². The third-order valence-corrected chi connectivity index (χ3v) is 3.05. The summed E-state index contributed by atoms with van der Waals surface area (Å²) in [6.45, 7) is 7.46. The van der Waals surface area contributed by atoms with Crippen molar-refractivity contribution in [3.63, 3.8) is 0 Å². The van der Waals surface area contributed by atoms with Gasteiger partial charge in [0.2, 0.25) is 0 Å². The maximum atomic E-state index is 11.9. The molecule has 104 valence electrons. The topological polar surface area (TPSA) is 63.6 Å². The van der Waals surface area contributed by atoms with Crippen molar-refractivity contribution in [2.45, 2.75) is 33.1 Å². The number of ketones is 1. The average molecular weight is 329 g/mol. The maximum Gasteiger partial charge on any atom is 0.379 e. The minimum Gasteiger partial charge on any atom is -0.507 e. The Bertz CT molecular complexity index is 515. The van der Waals surface area contributed by atoms with Crippen LogP contribution in [0.4, 0.5) is 0 Å². The summed E-state index contributed by atoms with van der Waals surface area (Å²) >= 11 is 3.28. The van der Waals surface area contributed by atoms with Gasteiger partial charge in [-0.3, -0.25) is 4.79 Å². The van der Waals surface area contributed by atoms with Gasteiger partial charge >= 0.3 is 5.97 Å². The molecule has 0 bridgehead atoms. The van der Waals surface area contributed by atoms with Gasteiger partial charge in [-0.1, -0.05) is 36.7 Å². The minimum absolute atomic E-state index is 0.0437. The van der Waals surface area contributed by atoms with Gasteiger partial charge in [-0.05, 0) is 24.5 Å². The van der Waals surface area contributed by atoms with E-state index in [1.807, 2.05) is 20.8 Å². The van der Waals surface area contributed by atoms with Gasteiger partial charge in [0.05, 0.1) is 12.2 Å². The molecule has 0 radical (unpaired) electrons. The molecule has 0 unspecified atom stereocenters. The van der Waals surface area contributed by atoms with Gasteiger partial charge < -0.3 is 9.84 Å². The summed E-state index contributed by atoms with van der Waals surface area (Å²) in [5, 5.41) is 10.2. The number of hydrogen-bond donors (Lipinski definition) is 1. The van der Waals surface area contributed by atoms with Crippen LogP contribution in [-0.2, 0) is 14.9 Å². The van der Waals surface area contributed by atoms with E-state index in [0.717, 1.165) is 0 Å². The van der Waals surface area contributed by atoms with Crippen molar-refractivity contribution in [2.75, 3.05) is 6.61 Å². The second-order valence-electron chi connectivity index (χ2n) is 5.15. The summed E-state index contributed by atoms with van der Waals surface area (Å²) in [6.07, 6.45) is 0. The molecular formula is C14H17BrO4. The highest BCUT2D eigenvalue weighted by Gasteiger charge is 2.27. The fourth-order valence-electron chi connectivity index (χ4n) is 1.65. The number of aromatic hydroxyl groups is 1. The molecule has 0 aromatic heterocycles. The first-order valence-corrected chi connectivity index (χ1v) is 6.72. The van der Waals surface area contributed by atoms with Gasteiger partial charge in [-0.15, -0.1) is 0 Å². The van der Waals surface area contributed by atoms with Crippen molar-refractivity contribution in [1.29, 1.82) is 0 Å². The average Bonchev–Trinajstić information content (AvgIpc) is 2.29. The highest BCUT2D eigenvalue weighted by molar-refractivity contribution is 9.10. The molecule has 0 saturated heterocycles. The number of phenols is 1. The van der Waals surface area contributed by atoms with Crippen LogP contribution in [0.2, 0.25) is 0 Å². The van der Waals surface area contributed by atoms with Crippen LogP contribution in [0.3, 0.4) is 0 Å². The standard InChI is InChI=1S/C14H17BrO4/c1-5-19-13(18)12(17)9-6-8(15)7-10(11(9)16)14(2,3)4/h6-7,16H,5H2,1-4H3. The Kier molecular flexibility index (Phi) is 4.74. The number of hydrogen-bond acceptors (Lipinski definition) is 4. The molecule has 1 rings (SSSR count). The number of phenolic OH excluding ortho intramolecular Hbond substituents is 1. The fourth-order valence-corrected chi connectivity index (χ4v) is 2.11. The fraction of sp³-hybridized carbons (Fsp3) is 0.429. The van der Waals surface area contributed by atoms with Crippen LogP contribution in [0.15, 0.2) is 16.6 Å². The first-order valence-electron chi connectivity index (χ1n) is 5.93. The number of rotatable bonds is 3. The van der Waals surface area contributed by atoms with Crippen LogP contribution in [0.1, 0.15) is 43.6 Å². The summed E-state index contributed by atoms with van der Waals surface area (Å²) < 4.78 is 5.29. The minimum atomic E-state index is -0.962. The lowest BCUT2D eigenvalue weighted by atomic mass is 9.85. The van der Waals surface area contributed by atoms with Crippen molar-refractivity contribution < 1.29 is 19.4 Å². The number of Topliss-reactive ketones (excluding diaryl/α,β-unsaturated/α-hetero) is 1. The van der Waals surface area contributed by atoms with Crippen molar-refractivity contribution >= 4 is 27.7 Å². The van der Waals surface area contributed by atoms with E-state index >= 15 is 0 Å². The van der Waals surface area contributed by atoms with Crippen LogP contribution in [0.25, 0.3) is 0 Å². The molecule has 0 aliphatic rings. The molecule has 1 aromatic carbocycles. The van der Waals surface area contributed by atoms with E-state index < -0.39 is 11.8 Å². The van der Waals surface area contributed by atoms with E-state index in [4.69, 9.17) is 0 Å². The summed E-state index contributed by atoms with van der Waals surface area (Å²) in [4.78, 5) is 23.4. The predicted octanol–water partition coefficient (Wildman–Crippen LogP) is 3.20. The molecule has 19 heavy (non-hydrogen) atoms. The Morgan fingerprint density at radius 1 is 1.32 bits per heavy atom. The van der Waals surface area contributed by atoms with E-state index in [1.54, 1.807) is 13.0 Å². The van der Waals surface area contributed by atoms with Gasteiger partial charge in [0.1, 0.15) is 5.75 Å². The molecule has 0 heterocycles. The smallest absolute Gasteiger partial charge is 0.379 e. The number of esters is 1. The third-order valence-electron chi connectivity index (χ3n) is 2.59. The molecule has 0 atom stereocenters. The van der Waals surface area contributed by atoms with Crippen LogP contribution in [-0.4, -0.2) is 23.5 Å². The largest absolute Gasteiger partial charge is 0.507 e. The molecule has 0 aliphatic carbocycles. The first kappa shape index (κ1) is 15.7. The van der Waals surface area contributed by atoms with Crippen molar-refractivity contribution in [2.24, 2.45) is 0 Å². The SMILES string of the molecule is CCOC(=O)C(=O)c1cc(Br)cc(C(C)(C)C)c1O. The zero-order valence-corrected chi connectivity index (χ0v) is 13.0. The van der Waals surface area contributed by atoms with E-state index in [0.29, 0.717) is 10.0 Å². The van der Waals surface area contributed by atoms with Gasteiger partial charge in [-0.2, -0.15) is 0 Å². The lowest BCUT2D eigenvalue weighted by Crippen LogP contribution is -2.19. The number of benzene rings is 1. The van der Waals surface area contributed by atoms with Crippen LogP contribution in [0.5, 0.6) is 5.75 Å². The Labute approximate surface area is 120 Å². The zero-order valence-electron chi connectivity index (χ0n) is 11.4. The second kappa shape index (κ2) is 5.74. The summed E-state index contributed by atoms with van der Waals surface area (Å²) in [5.41, 5.74) is 0.199. The summed E-state index contributed by atoms with van der Waals surface area (Å²) in [7, 11) is 0. The Balaban J connectivity index is 3.34. The zero-order chi connectivity index (χ0) is 14.8. The lowest BCUT2D eigenvalue weighted by molar-refractivity contribution is -0.137. The molecule has 1 N–H and O–H groups in total. The van der Waals surface area contributed by atoms with E-state index in [9.17, 15) is 14.7 Å². The monoisotopic (exact) mass is 328 g/mol. The quantitative estimate of drug-likeness (QED) is 0.525. The van der Waals surface area contributed by atoms with Crippen molar-refractivity contribution in [3.8, 4) is 5.75 Å². The Morgan fingerprint density at radius 2 is 1.89 bits per heavy atom. The van der Waals surface area contributed by atoms with E-state index in [2.05, 4.69) is 20.7 Å². The van der Waals surface area contributed by atoms with Crippen molar-refractivity contribution in [1.82, 2.24) is 0 Å². The number of carbonyl (C=O) groups is 2. The molecule has 0 spiro atoms. The Hall–Kier alpha value is -1.36.